The molecule has 92 valence electrons. The molecule has 0 heterocycles. The van der Waals surface area contributed by atoms with Crippen LogP contribution in [0.4, 0.5) is 0 Å². The van der Waals surface area contributed by atoms with E-state index in [0.717, 1.165) is 0 Å². The zero-order valence-electron chi connectivity index (χ0n) is 11.1. The van der Waals surface area contributed by atoms with Gasteiger partial charge in [-0.05, 0) is 42.0 Å². The summed E-state index contributed by atoms with van der Waals surface area (Å²) in [6, 6.07) is 8.93. The molecular formula is C18H20. The van der Waals surface area contributed by atoms with Crippen molar-refractivity contribution in [3.8, 4) is 0 Å². The predicted octanol–water partition coefficient (Wildman–Crippen LogP) is 5.03. The summed E-state index contributed by atoms with van der Waals surface area (Å²) in [5.41, 5.74) is 6.20. The fourth-order valence-electron chi connectivity index (χ4n) is 3.93. The van der Waals surface area contributed by atoms with Gasteiger partial charge in [0.05, 0.1) is 0 Å². The second-order valence-electron chi connectivity index (χ2n) is 5.35. The Bertz CT molecular complexity index is 537. The first kappa shape index (κ1) is 11.5. The van der Waals surface area contributed by atoms with Gasteiger partial charge in [0.25, 0.3) is 0 Å². The van der Waals surface area contributed by atoms with E-state index in [4.69, 9.17) is 0 Å². The summed E-state index contributed by atoms with van der Waals surface area (Å²) in [5.74, 6) is 0. The van der Waals surface area contributed by atoms with Crippen molar-refractivity contribution >= 4 is 5.57 Å². The second kappa shape index (κ2) is 4.28. The molecule has 0 radical (unpaired) electrons. The molecule has 0 aliphatic heterocycles. The van der Waals surface area contributed by atoms with Crippen LogP contribution >= 0.6 is 0 Å². The van der Waals surface area contributed by atoms with E-state index >= 15 is 0 Å². The number of rotatable bonds is 1. The van der Waals surface area contributed by atoms with Crippen molar-refractivity contribution < 1.29 is 0 Å². The fraction of sp³-hybridized carbons (Fsp3) is 0.333. The maximum absolute atomic E-state index is 3.88. The molecule has 2 aliphatic rings. The van der Waals surface area contributed by atoms with Crippen LogP contribution in [-0.4, -0.2) is 0 Å². The first-order chi connectivity index (χ1) is 8.83. The first-order valence-corrected chi connectivity index (χ1v) is 6.93. The van der Waals surface area contributed by atoms with E-state index in [-0.39, 0.29) is 0 Å². The topological polar surface area (TPSA) is 0 Å². The minimum absolute atomic E-state index is 0.306. The number of hydrogen-bond donors (Lipinski definition) is 0. The zero-order chi connectivity index (χ0) is 12.6. The van der Waals surface area contributed by atoms with Crippen molar-refractivity contribution in [2.75, 3.05) is 0 Å². The molecule has 0 heteroatoms. The van der Waals surface area contributed by atoms with Crippen LogP contribution in [0, 0.1) is 0 Å². The number of allylic oxidation sites excluding steroid dienone is 5. The van der Waals surface area contributed by atoms with E-state index in [2.05, 4.69) is 49.9 Å². The predicted molar refractivity (Wildman–Crippen MR) is 78.5 cm³/mol. The van der Waals surface area contributed by atoms with Crippen molar-refractivity contribution in [2.24, 2.45) is 0 Å². The highest BCUT2D eigenvalue weighted by molar-refractivity contribution is 5.90. The van der Waals surface area contributed by atoms with Gasteiger partial charge in [-0.25, -0.2) is 0 Å². The molecule has 0 N–H and O–H groups in total. The van der Waals surface area contributed by atoms with Crippen molar-refractivity contribution in [2.45, 2.75) is 38.0 Å². The lowest BCUT2D eigenvalue weighted by molar-refractivity contribution is 0.549. The average Bonchev–Trinajstić information content (AvgIpc) is 2.97. The Morgan fingerprint density at radius 1 is 1.17 bits per heavy atom. The van der Waals surface area contributed by atoms with Gasteiger partial charge in [0.15, 0.2) is 0 Å². The lowest BCUT2D eigenvalue weighted by atomic mass is 9.76. The Hall–Kier alpha value is -1.56. The molecule has 1 aromatic carbocycles. The molecule has 0 nitrogen and oxygen atoms in total. The summed E-state index contributed by atoms with van der Waals surface area (Å²) in [4.78, 5) is 0. The van der Waals surface area contributed by atoms with Crippen LogP contribution in [-0.2, 0) is 5.41 Å². The molecule has 2 aliphatic carbocycles. The molecule has 1 fully saturated rings. The largest absolute Gasteiger partial charge is 0.0990 e. The molecular weight excluding hydrogens is 216 g/mol. The smallest absolute Gasteiger partial charge is 0.0211 e. The van der Waals surface area contributed by atoms with Crippen LogP contribution in [0.3, 0.4) is 0 Å². The van der Waals surface area contributed by atoms with Crippen LogP contribution in [0.2, 0.25) is 0 Å². The van der Waals surface area contributed by atoms with Crippen LogP contribution in [0.15, 0.2) is 54.6 Å². The first-order valence-electron chi connectivity index (χ1n) is 6.93. The molecule has 0 bridgehead atoms. The molecule has 1 aromatic rings. The monoisotopic (exact) mass is 236 g/mol. The van der Waals surface area contributed by atoms with Gasteiger partial charge in [0.2, 0.25) is 0 Å². The van der Waals surface area contributed by atoms with Gasteiger partial charge >= 0.3 is 0 Å². The summed E-state index contributed by atoms with van der Waals surface area (Å²) >= 11 is 0. The quantitative estimate of drug-likeness (QED) is 0.641. The van der Waals surface area contributed by atoms with Crippen molar-refractivity contribution in [1.29, 1.82) is 0 Å². The Morgan fingerprint density at radius 3 is 2.56 bits per heavy atom. The maximum atomic E-state index is 3.88. The van der Waals surface area contributed by atoms with E-state index in [1.807, 2.05) is 6.08 Å². The van der Waals surface area contributed by atoms with E-state index in [9.17, 15) is 0 Å². The van der Waals surface area contributed by atoms with Crippen molar-refractivity contribution in [3.05, 3.63) is 65.8 Å². The third kappa shape index (κ3) is 1.38. The van der Waals surface area contributed by atoms with Gasteiger partial charge in [0.1, 0.15) is 0 Å². The number of benzene rings is 1. The molecule has 0 unspecified atom stereocenters. The third-order valence-electron chi connectivity index (χ3n) is 4.57. The normalized spacial score (nSPS) is 24.9. The zero-order valence-corrected chi connectivity index (χ0v) is 11.1. The molecule has 0 amide bonds. The maximum Gasteiger partial charge on any atom is 0.0211 e. The van der Waals surface area contributed by atoms with E-state index in [1.54, 1.807) is 5.56 Å². The standard InChI is InChI=1S/C18H20/c1-3-9-14-15-10-5-6-11-17(15)18(16(14)4-2)12-7-8-13-18/h3-6,9-11H,1,7-8,12-13H2,2H3/b14-9-,16-4+. The highest BCUT2D eigenvalue weighted by Gasteiger charge is 2.46. The third-order valence-corrected chi connectivity index (χ3v) is 4.57. The molecule has 18 heavy (non-hydrogen) atoms. The van der Waals surface area contributed by atoms with Gasteiger partial charge in [-0.1, -0.05) is 61.9 Å². The summed E-state index contributed by atoms with van der Waals surface area (Å²) in [7, 11) is 0. The summed E-state index contributed by atoms with van der Waals surface area (Å²) < 4.78 is 0. The van der Waals surface area contributed by atoms with Gasteiger partial charge in [-0.3, -0.25) is 0 Å². The van der Waals surface area contributed by atoms with Gasteiger partial charge < -0.3 is 0 Å². The minimum Gasteiger partial charge on any atom is -0.0990 e. The van der Waals surface area contributed by atoms with E-state index < -0.39 is 0 Å². The highest BCUT2D eigenvalue weighted by atomic mass is 14.5. The van der Waals surface area contributed by atoms with Crippen LogP contribution < -0.4 is 0 Å². The Kier molecular flexibility index (Phi) is 2.74. The van der Waals surface area contributed by atoms with Gasteiger partial charge in [-0.2, -0.15) is 0 Å². The lowest BCUT2D eigenvalue weighted by Crippen LogP contribution is -2.20. The molecule has 1 spiro atoms. The number of hydrogen-bond acceptors (Lipinski definition) is 0. The van der Waals surface area contributed by atoms with Gasteiger partial charge in [-0.15, -0.1) is 0 Å². The van der Waals surface area contributed by atoms with Crippen LogP contribution in [0.1, 0.15) is 43.7 Å². The van der Waals surface area contributed by atoms with Crippen molar-refractivity contribution in [1.82, 2.24) is 0 Å². The average molecular weight is 236 g/mol. The fourth-order valence-corrected chi connectivity index (χ4v) is 3.93. The number of fused-ring (bicyclic) bond motifs is 2. The Morgan fingerprint density at radius 2 is 1.89 bits per heavy atom. The summed E-state index contributed by atoms with van der Waals surface area (Å²) in [6.07, 6.45) is 11.7. The molecule has 1 saturated carbocycles. The van der Waals surface area contributed by atoms with Gasteiger partial charge in [0, 0.05) is 5.41 Å². The van der Waals surface area contributed by atoms with E-state index in [0.29, 0.717) is 5.41 Å². The molecule has 0 aromatic heterocycles. The molecule has 0 saturated heterocycles. The summed E-state index contributed by atoms with van der Waals surface area (Å²) in [5, 5.41) is 0. The SMILES string of the molecule is C=C/C=C1\C(=C/C)C2(CCCC2)c2ccccc21. The van der Waals surface area contributed by atoms with Crippen LogP contribution in [0.25, 0.3) is 5.57 Å². The second-order valence-corrected chi connectivity index (χ2v) is 5.35. The Balaban J connectivity index is 2.29. The highest BCUT2D eigenvalue weighted by Crippen LogP contribution is 2.57. The molecule has 0 atom stereocenters. The Labute approximate surface area is 110 Å². The lowest BCUT2D eigenvalue weighted by Gasteiger charge is -2.26. The van der Waals surface area contributed by atoms with E-state index in [1.165, 1.54) is 42.4 Å². The van der Waals surface area contributed by atoms with Crippen LogP contribution in [0.5, 0.6) is 0 Å². The minimum atomic E-state index is 0.306. The molecule has 3 rings (SSSR count). The van der Waals surface area contributed by atoms with Crippen molar-refractivity contribution in [3.63, 3.8) is 0 Å². The summed E-state index contributed by atoms with van der Waals surface area (Å²) in [6.45, 7) is 6.06.